The monoisotopic (exact) mass is 428 g/mol. The minimum absolute atomic E-state index is 0.137. The van der Waals surface area contributed by atoms with Crippen LogP contribution in [0.2, 0.25) is 0 Å². The van der Waals surface area contributed by atoms with Crippen molar-refractivity contribution in [3.8, 4) is 0 Å². The first-order chi connectivity index (χ1) is 14.0. The van der Waals surface area contributed by atoms with Crippen molar-refractivity contribution in [2.75, 3.05) is 26.2 Å². The van der Waals surface area contributed by atoms with Crippen LogP contribution in [0.25, 0.3) is 0 Å². The van der Waals surface area contributed by atoms with Crippen LogP contribution in [0.4, 0.5) is 18.0 Å². The predicted molar refractivity (Wildman–Crippen MR) is 103 cm³/mol. The smallest absolute Gasteiger partial charge is 0.416 e. The second kappa shape index (κ2) is 8.83. The summed E-state index contributed by atoms with van der Waals surface area (Å²) in [7, 11) is 0. The minimum Gasteiger partial charge on any atom is -0.461 e. The standard InChI is InChI=1S/C21H27F3N2O4/c1-13-3-4-15(10-19(13)21(22,23)24)16-9-18(30-14(2)27)12-26(11-16)20(29)25-7-5-17(28)6-8-25/h3-4,10,16-18,28H,5-9,11-12H2,1-2H3. The summed E-state index contributed by atoms with van der Waals surface area (Å²) in [5, 5.41) is 9.66. The average Bonchev–Trinajstić information content (AvgIpc) is 2.66. The van der Waals surface area contributed by atoms with Gasteiger partial charge in [0.25, 0.3) is 0 Å². The number of ether oxygens (including phenoxy) is 1. The Bertz CT molecular complexity index is 791. The molecule has 0 aromatic heterocycles. The van der Waals surface area contributed by atoms with Crippen molar-refractivity contribution >= 4 is 12.0 Å². The number of hydrogen-bond donors (Lipinski definition) is 1. The molecule has 9 heteroatoms. The van der Waals surface area contributed by atoms with Gasteiger partial charge in [-0.25, -0.2) is 4.79 Å². The Morgan fingerprint density at radius 2 is 1.80 bits per heavy atom. The molecule has 0 aliphatic carbocycles. The van der Waals surface area contributed by atoms with E-state index in [2.05, 4.69) is 0 Å². The van der Waals surface area contributed by atoms with E-state index in [1.165, 1.54) is 19.9 Å². The molecule has 2 amide bonds. The van der Waals surface area contributed by atoms with Gasteiger partial charge in [-0.1, -0.05) is 12.1 Å². The topological polar surface area (TPSA) is 70.1 Å². The summed E-state index contributed by atoms with van der Waals surface area (Å²) in [6.45, 7) is 3.97. The molecule has 2 saturated heterocycles. The van der Waals surface area contributed by atoms with E-state index in [0.29, 0.717) is 37.9 Å². The van der Waals surface area contributed by atoms with Gasteiger partial charge in [-0.3, -0.25) is 4.79 Å². The molecule has 1 aromatic carbocycles. The Hall–Kier alpha value is -2.29. The molecule has 166 valence electrons. The van der Waals surface area contributed by atoms with Gasteiger partial charge in [-0.05, 0) is 43.4 Å². The molecular weight excluding hydrogens is 401 g/mol. The van der Waals surface area contributed by atoms with Crippen LogP contribution in [0.1, 0.15) is 48.8 Å². The number of carbonyl (C=O) groups excluding carboxylic acids is 2. The number of carbonyl (C=O) groups is 2. The zero-order valence-electron chi connectivity index (χ0n) is 17.1. The van der Waals surface area contributed by atoms with Gasteiger partial charge in [0.2, 0.25) is 0 Å². The fourth-order valence-corrected chi connectivity index (χ4v) is 4.23. The molecule has 2 unspecified atom stereocenters. The largest absolute Gasteiger partial charge is 0.461 e. The van der Waals surface area contributed by atoms with Crippen molar-refractivity contribution in [1.29, 1.82) is 0 Å². The molecule has 1 aromatic rings. The highest BCUT2D eigenvalue weighted by Gasteiger charge is 2.37. The summed E-state index contributed by atoms with van der Waals surface area (Å²) < 4.78 is 45.4. The van der Waals surface area contributed by atoms with Gasteiger partial charge in [0.15, 0.2) is 0 Å². The summed E-state index contributed by atoms with van der Waals surface area (Å²) in [5.74, 6) is -0.877. The average molecular weight is 428 g/mol. The second-order valence-electron chi connectivity index (χ2n) is 8.14. The quantitative estimate of drug-likeness (QED) is 0.734. The molecule has 0 bridgehead atoms. The zero-order valence-corrected chi connectivity index (χ0v) is 17.1. The lowest BCUT2D eigenvalue weighted by Gasteiger charge is -2.41. The third-order valence-corrected chi connectivity index (χ3v) is 5.79. The summed E-state index contributed by atoms with van der Waals surface area (Å²) in [6.07, 6.45) is -4.15. The van der Waals surface area contributed by atoms with Crippen molar-refractivity contribution in [2.45, 2.75) is 57.4 Å². The first kappa shape index (κ1) is 22.4. The van der Waals surface area contributed by atoms with E-state index in [9.17, 15) is 27.9 Å². The number of amides is 2. The predicted octanol–water partition coefficient (Wildman–Crippen LogP) is 3.31. The maximum atomic E-state index is 13.4. The minimum atomic E-state index is -4.46. The van der Waals surface area contributed by atoms with Crippen molar-refractivity contribution in [1.82, 2.24) is 9.80 Å². The molecule has 0 spiro atoms. The maximum absolute atomic E-state index is 13.4. The number of piperidine rings is 2. The lowest BCUT2D eigenvalue weighted by molar-refractivity contribution is -0.148. The molecule has 30 heavy (non-hydrogen) atoms. The lowest BCUT2D eigenvalue weighted by Crippen LogP contribution is -2.53. The third-order valence-electron chi connectivity index (χ3n) is 5.79. The van der Waals surface area contributed by atoms with E-state index in [1.807, 2.05) is 0 Å². The van der Waals surface area contributed by atoms with Crippen LogP contribution < -0.4 is 0 Å². The van der Waals surface area contributed by atoms with Gasteiger partial charge in [0.1, 0.15) is 6.10 Å². The molecule has 0 radical (unpaired) electrons. The highest BCUT2D eigenvalue weighted by Crippen LogP contribution is 2.36. The van der Waals surface area contributed by atoms with Crippen molar-refractivity contribution in [3.63, 3.8) is 0 Å². The zero-order chi connectivity index (χ0) is 22.1. The SMILES string of the molecule is CC(=O)OC1CC(c2ccc(C)c(C(F)(F)F)c2)CN(C(=O)N2CCC(O)CC2)C1. The van der Waals surface area contributed by atoms with Crippen LogP contribution in [0.3, 0.4) is 0 Å². The van der Waals surface area contributed by atoms with E-state index < -0.39 is 29.9 Å². The van der Waals surface area contributed by atoms with Crippen molar-refractivity contribution < 1.29 is 32.6 Å². The molecule has 2 fully saturated rings. The molecule has 3 rings (SSSR count). The van der Waals surface area contributed by atoms with Crippen molar-refractivity contribution in [2.24, 2.45) is 0 Å². The normalized spacial score (nSPS) is 23.4. The lowest BCUT2D eigenvalue weighted by atomic mass is 9.87. The number of aliphatic hydroxyl groups excluding tert-OH is 1. The summed E-state index contributed by atoms with van der Waals surface area (Å²) in [4.78, 5) is 27.7. The highest BCUT2D eigenvalue weighted by atomic mass is 19.4. The van der Waals surface area contributed by atoms with Crippen molar-refractivity contribution in [3.05, 3.63) is 34.9 Å². The van der Waals surface area contributed by atoms with E-state index in [-0.39, 0.29) is 30.6 Å². The summed E-state index contributed by atoms with van der Waals surface area (Å²) in [6, 6.07) is 3.97. The first-order valence-electron chi connectivity index (χ1n) is 10.1. The molecular formula is C21H27F3N2O4. The third kappa shape index (κ3) is 5.24. The Kier molecular flexibility index (Phi) is 6.59. The molecule has 6 nitrogen and oxygen atoms in total. The van der Waals surface area contributed by atoms with Crippen LogP contribution in [-0.4, -0.2) is 65.3 Å². The van der Waals surface area contributed by atoms with Crippen LogP contribution in [0.15, 0.2) is 18.2 Å². The second-order valence-corrected chi connectivity index (χ2v) is 8.14. The number of esters is 1. The molecule has 0 saturated carbocycles. The van der Waals surface area contributed by atoms with Crippen LogP contribution in [0, 0.1) is 6.92 Å². The Labute approximate surface area is 173 Å². The Morgan fingerprint density at radius 3 is 2.40 bits per heavy atom. The number of likely N-dealkylation sites (tertiary alicyclic amines) is 2. The number of aliphatic hydroxyl groups is 1. The molecule has 2 atom stereocenters. The Morgan fingerprint density at radius 1 is 1.13 bits per heavy atom. The van der Waals surface area contributed by atoms with Gasteiger partial charge in [0, 0.05) is 32.5 Å². The number of alkyl halides is 3. The number of hydrogen-bond acceptors (Lipinski definition) is 4. The highest BCUT2D eigenvalue weighted by molar-refractivity contribution is 5.75. The van der Waals surface area contributed by atoms with Crippen LogP contribution in [0.5, 0.6) is 0 Å². The molecule has 1 N–H and O–H groups in total. The van der Waals surface area contributed by atoms with Crippen LogP contribution in [-0.2, 0) is 15.7 Å². The number of rotatable bonds is 2. The molecule has 2 aliphatic rings. The van der Waals surface area contributed by atoms with Gasteiger partial charge in [-0.2, -0.15) is 13.2 Å². The number of urea groups is 1. The first-order valence-corrected chi connectivity index (χ1v) is 10.1. The van der Waals surface area contributed by atoms with E-state index in [4.69, 9.17) is 4.74 Å². The van der Waals surface area contributed by atoms with E-state index in [1.54, 1.807) is 15.9 Å². The molecule has 2 aliphatic heterocycles. The van der Waals surface area contributed by atoms with Crippen LogP contribution >= 0.6 is 0 Å². The Balaban J connectivity index is 1.83. The number of nitrogens with zero attached hydrogens (tertiary/aromatic N) is 2. The van der Waals surface area contributed by atoms with Gasteiger partial charge < -0.3 is 19.6 Å². The summed E-state index contributed by atoms with van der Waals surface area (Å²) in [5.41, 5.74) is -0.0902. The fraction of sp³-hybridized carbons (Fsp3) is 0.619. The van der Waals surface area contributed by atoms with Gasteiger partial charge >= 0.3 is 18.2 Å². The number of halogens is 3. The summed E-state index contributed by atoms with van der Waals surface area (Å²) >= 11 is 0. The maximum Gasteiger partial charge on any atom is 0.416 e. The van der Waals surface area contributed by atoms with Gasteiger partial charge in [0.05, 0.1) is 18.2 Å². The van der Waals surface area contributed by atoms with E-state index >= 15 is 0 Å². The van der Waals surface area contributed by atoms with Gasteiger partial charge in [-0.15, -0.1) is 0 Å². The molecule has 2 heterocycles. The number of aryl methyl sites for hydroxylation is 1. The van der Waals surface area contributed by atoms with E-state index in [0.717, 1.165) is 6.07 Å². The number of benzene rings is 1. The fourth-order valence-electron chi connectivity index (χ4n) is 4.23.